The molecule has 20 heavy (non-hydrogen) atoms. The summed E-state index contributed by atoms with van der Waals surface area (Å²) in [7, 11) is 0. The minimum absolute atomic E-state index is 0.104. The van der Waals surface area contributed by atoms with Crippen molar-refractivity contribution in [3.05, 3.63) is 29.6 Å². The highest BCUT2D eigenvalue weighted by atomic mass is 19.2. The number of ether oxygens (including phenoxy) is 1. The van der Waals surface area contributed by atoms with Crippen LogP contribution in [0.15, 0.2) is 12.1 Å². The van der Waals surface area contributed by atoms with Gasteiger partial charge in [0.15, 0.2) is 17.5 Å². The number of cyclic esters (lactones) is 1. The Morgan fingerprint density at radius 1 is 1.30 bits per heavy atom. The molecule has 1 aliphatic heterocycles. The van der Waals surface area contributed by atoms with Gasteiger partial charge in [0, 0.05) is 13.0 Å². The van der Waals surface area contributed by atoms with Crippen LogP contribution in [0.1, 0.15) is 6.42 Å². The van der Waals surface area contributed by atoms with Crippen LogP contribution in [0.25, 0.3) is 0 Å². The third-order valence-electron chi connectivity index (χ3n) is 2.76. The van der Waals surface area contributed by atoms with Gasteiger partial charge in [-0.15, -0.1) is 0 Å². The summed E-state index contributed by atoms with van der Waals surface area (Å²) < 4.78 is 43.6. The zero-order valence-corrected chi connectivity index (χ0v) is 10.3. The Kier molecular flexibility index (Phi) is 4.11. The van der Waals surface area contributed by atoms with Gasteiger partial charge in [-0.1, -0.05) is 0 Å². The molecule has 1 N–H and O–H groups in total. The average molecular weight is 288 g/mol. The van der Waals surface area contributed by atoms with E-state index in [0.717, 1.165) is 6.07 Å². The number of benzene rings is 1. The Labute approximate surface area is 112 Å². The minimum Gasteiger partial charge on any atom is -0.448 e. The molecule has 108 valence electrons. The standard InChI is InChI=1S/C12H11F3N2O3/c13-7-1-2-8(11(15)10(7)14)16-9(18)3-4-17-5-6-20-12(17)19/h1-2H,3-6H2,(H,16,18). The molecule has 1 saturated heterocycles. The van der Waals surface area contributed by atoms with Crippen LogP contribution in [0, 0.1) is 17.5 Å². The van der Waals surface area contributed by atoms with Gasteiger partial charge in [-0.2, -0.15) is 0 Å². The predicted molar refractivity (Wildman–Crippen MR) is 62.5 cm³/mol. The van der Waals surface area contributed by atoms with E-state index < -0.39 is 35.1 Å². The molecule has 0 saturated carbocycles. The maximum atomic E-state index is 13.3. The largest absolute Gasteiger partial charge is 0.448 e. The Morgan fingerprint density at radius 3 is 2.70 bits per heavy atom. The molecule has 1 aliphatic rings. The van der Waals surface area contributed by atoms with Crippen molar-refractivity contribution in [1.29, 1.82) is 0 Å². The molecule has 0 aromatic heterocycles. The fourth-order valence-corrected chi connectivity index (χ4v) is 1.70. The van der Waals surface area contributed by atoms with E-state index in [2.05, 4.69) is 10.1 Å². The van der Waals surface area contributed by atoms with Gasteiger partial charge in [0.2, 0.25) is 5.91 Å². The zero-order chi connectivity index (χ0) is 14.7. The number of hydrogen-bond acceptors (Lipinski definition) is 3. The molecule has 0 bridgehead atoms. The van der Waals surface area contributed by atoms with Crippen LogP contribution in [0.4, 0.5) is 23.7 Å². The lowest BCUT2D eigenvalue weighted by atomic mass is 10.2. The van der Waals surface area contributed by atoms with Gasteiger partial charge in [0.25, 0.3) is 0 Å². The summed E-state index contributed by atoms with van der Waals surface area (Å²) in [5, 5.41) is 2.12. The number of halogens is 3. The van der Waals surface area contributed by atoms with E-state index in [-0.39, 0.29) is 19.6 Å². The van der Waals surface area contributed by atoms with Crippen molar-refractivity contribution in [3.63, 3.8) is 0 Å². The quantitative estimate of drug-likeness (QED) is 0.861. The lowest BCUT2D eigenvalue weighted by Crippen LogP contribution is -2.28. The molecule has 1 fully saturated rings. The Balaban J connectivity index is 1.91. The van der Waals surface area contributed by atoms with Crippen molar-refractivity contribution < 1.29 is 27.5 Å². The Bertz CT molecular complexity index is 551. The molecule has 0 unspecified atom stereocenters. The number of carbonyl (C=O) groups excluding carboxylic acids is 2. The monoisotopic (exact) mass is 288 g/mol. The van der Waals surface area contributed by atoms with Crippen LogP contribution in [0.5, 0.6) is 0 Å². The van der Waals surface area contributed by atoms with Crippen LogP contribution < -0.4 is 5.32 Å². The number of carbonyl (C=O) groups is 2. The van der Waals surface area contributed by atoms with E-state index in [1.54, 1.807) is 0 Å². The van der Waals surface area contributed by atoms with E-state index >= 15 is 0 Å². The first-order valence-electron chi connectivity index (χ1n) is 5.84. The molecule has 0 radical (unpaired) electrons. The molecule has 1 aromatic carbocycles. The van der Waals surface area contributed by atoms with Crippen LogP contribution in [0.3, 0.4) is 0 Å². The van der Waals surface area contributed by atoms with Crippen LogP contribution in [-0.4, -0.2) is 36.6 Å². The highest BCUT2D eigenvalue weighted by Crippen LogP contribution is 2.19. The highest BCUT2D eigenvalue weighted by Gasteiger charge is 2.22. The van der Waals surface area contributed by atoms with E-state index in [1.807, 2.05) is 0 Å². The molecule has 1 heterocycles. The van der Waals surface area contributed by atoms with Crippen molar-refractivity contribution in [1.82, 2.24) is 4.90 Å². The first-order valence-corrected chi connectivity index (χ1v) is 5.84. The maximum absolute atomic E-state index is 13.3. The summed E-state index contributed by atoms with van der Waals surface area (Å²) in [6.45, 7) is 0.750. The predicted octanol–water partition coefficient (Wildman–Crippen LogP) is 1.88. The molecule has 1 aromatic rings. The molecule has 0 atom stereocenters. The first-order chi connectivity index (χ1) is 9.49. The van der Waals surface area contributed by atoms with Gasteiger partial charge < -0.3 is 15.0 Å². The van der Waals surface area contributed by atoms with Gasteiger partial charge in [0.1, 0.15) is 6.61 Å². The van der Waals surface area contributed by atoms with E-state index in [4.69, 9.17) is 0 Å². The zero-order valence-electron chi connectivity index (χ0n) is 10.3. The molecule has 2 rings (SSSR count). The van der Waals surface area contributed by atoms with E-state index in [1.165, 1.54) is 4.90 Å². The van der Waals surface area contributed by atoms with Gasteiger partial charge in [0.05, 0.1) is 12.2 Å². The summed E-state index contributed by atoms with van der Waals surface area (Å²) >= 11 is 0. The van der Waals surface area contributed by atoms with E-state index in [0.29, 0.717) is 12.6 Å². The fraction of sp³-hybridized carbons (Fsp3) is 0.333. The van der Waals surface area contributed by atoms with Gasteiger partial charge in [-0.25, -0.2) is 18.0 Å². The van der Waals surface area contributed by atoms with Crippen molar-refractivity contribution in [3.8, 4) is 0 Å². The van der Waals surface area contributed by atoms with Crippen LogP contribution in [-0.2, 0) is 9.53 Å². The number of anilines is 1. The lowest BCUT2D eigenvalue weighted by molar-refractivity contribution is -0.116. The van der Waals surface area contributed by atoms with E-state index in [9.17, 15) is 22.8 Å². The maximum Gasteiger partial charge on any atom is 0.409 e. The SMILES string of the molecule is O=C(CCN1CCOC1=O)Nc1ccc(F)c(F)c1F. The summed E-state index contributed by atoms with van der Waals surface area (Å²) in [4.78, 5) is 24.0. The summed E-state index contributed by atoms with van der Waals surface area (Å²) in [5.74, 6) is -5.06. The van der Waals surface area contributed by atoms with Crippen molar-refractivity contribution >= 4 is 17.7 Å². The summed E-state index contributed by atoms with van der Waals surface area (Å²) in [5.41, 5.74) is -0.446. The van der Waals surface area contributed by atoms with Crippen molar-refractivity contribution in [2.75, 3.05) is 25.0 Å². The second-order valence-corrected chi connectivity index (χ2v) is 4.12. The normalized spacial score (nSPS) is 14.3. The number of amides is 2. The molecule has 0 aliphatic carbocycles. The van der Waals surface area contributed by atoms with Crippen molar-refractivity contribution in [2.45, 2.75) is 6.42 Å². The summed E-state index contributed by atoms with van der Waals surface area (Å²) in [6.07, 6.45) is -0.620. The molecular weight excluding hydrogens is 277 g/mol. The molecule has 0 spiro atoms. The molecular formula is C12H11F3N2O3. The Hall–Kier alpha value is -2.25. The van der Waals surface area contributed by atoms with Crippen LogP contribution >= 0.6 is 0 Å². The minimum atomic E-state index is -1.65. The number of nitrogens with zero attached hydrogens (tertiary/aromatic N) is 1. The third kappa shape index (κ3) is 3.01. The average Bonchev–Trinajstić information content (AvgIpc) is 2.83. The number of rotatable bonds is 4. The lowest BCUT2D eigenvalue weighted by Gasteiger charge is -2.12. The molecule has 2 amide bonds. The second-order valence-electron chi connectivity index (χ2n) is 4.12. The molecule has 5 nitrogen and oxygen atoms in total. The summed E-state index contributed by atoms with van der Waals surface area (Å²) in [6, 6.07) is 1.64. The van der Waals surface area contributed by atoms with Gasteiger partial charge in [-0.3, -0.25) is 4.79 Å². The second kappa shape index (κ2) is 5.81. The van der Waals surface area contributed by atoms with Crippen molar-refractivity contribution in [2.24, 2.45) is 0 Å². The highest BCUT2D eigenvalue weighted by molar-refractivity contribution is 5.91. The number of hydrogen-bond donors (Lipinski definition) is 1. The van der Waals surface area contributed by atoms with Crippen LogP contribution in [0.2, 0.25) is 0 Å². The van der Waals surface area contributed by atoms with Gasteiger partial charge >= 0.3 is 6.09 Å². The molecule has 8 heteroatoms. The topological polar surface area (TPSA) is 58.6 Å². The smallest absolute Gasteiger partial charge is 0.409 e. The van der Waals surface area contributed by atoms with Gasteiger partial charge in [-0.05, 0) is 12.1 Å². The third-order valence-corrected chi connectivity index (χ3v) is 2.76. The number of nitrogens with one attached hydrogen (secondary N) is 1. The Morgan fingerprint density at radius 2 is 2.05 bits per heavy atom. The fourth-order valence-electron chi connectivity index (χ4n) is 1.70. The first kappa shape index (κ1) is 14.2.